The lowest BCUT2D eigenvalue weighted by molar-refractivity contribution is -0.0482. The Kier molecular flexibility index (Phi) is 6.43. The highest BCUT2D eigenvalue weighted by Gasteiger charge is 2.25. The van der Waals surface area contributed by atoms with Gasteiger partial charge < -0.3 is 19.0 Å². The van der Waals surface area contributed by atoms with Gasteiger partial charge in [-0.2, -0.15) is 11.0 Å². The second kappa shape index (κ2) is 8.98. The molecular weight excluding hydrogens is 349 g/mol. The van der Waals surface area contributed by atoms with Crippen molar-refractivity contribution in [1.82, 2.24) is 15.5 Å². The van der Waals surface area contributed by atoms with Crippen LogP contribution in [0.15, 0.2) is 57.9 Å². The second-order valence-corrected chi connectivity index (χ2v) is 6.26. The molecule has 8 nitrogen and oxygen atoms in total. The van der Waals surface area contributed by atoms with Gasteiger partial charge in [-0.25, -0.2) is 4.94 Å². The van der Waals surface area contributed by atoms with E-state index in [0.717, 1.165) is 22.2 Å². The first-order valence-electron chi connectivity index (χ1n) is 8.66. The van der Waals surface area contributed by atoms with E-state index in [1.807, 2.05) is 30.3 Å². The summed E-state index contributed by atoms with van der Waals surface area (Å²) < 4.78 is 7.04. The number of pyridine rings is 1. The van der Waals surface area contributed by atoms with Crippen LogP contribution < -0.4 is 16.5 Å². The fourth-order valence-electron chi connectivity index (χ4n) is 2.84. The molecule has 0 saturated carbocycles. The minimum Gasteiger partial charge on any atom is -0.464 e. The number of furan rings is 1. The molecule has 0 fully saturated rings. The highest BCUT2D eigenvalue weighted by molar-refractivity contribution is 6.43. The zero-order chi connectivity index (χ0) is 19.2. The molecule has 1 aromatic carbocycles. The summed E-state index contributed by atoms with van der Waals surface area (Å²) in [5.74, 6) is -0.750. The Hall–Kier alpha value is -2.43. The third kappa shape index (κ3) is 4.85. The van der Waals surface area contributed by atoms with Crippen LogP contribution in [0.1, 0.15) is 11.3 Å². The van der Waals surface area contributed by atoms with Gasteiger partial charge in [-0.1, -0.05) is 24.3 Å². The molecule has 0 saturated heterocycles. The molecule has 9 heteroatoms. The zero-order valence-electron chi connectivity index (χ0n) is 15.0. The van der Waals surface area contributed by atoms with Crippen molar-refractivity contribution in [2.24, 2.45) is 7.05 Å². The first-order valence-corrected chi connectivity index (χ1v) is 8.66. The molecule has 0 amide bonds. The van der Waals surface area contributed by atoms with Gasteiger partial charge in [0.15, 0.2) is 0 Å². The van der Waals surface area contributed by atoms with Crippen LogP contribution in [0.4, 0.5) is 0 Å². The van der Waals surface area contributed by atoms with Crippen molar-refractivity contribution in [3.63, 3.8) is 0 Å². The average Bonchev–Trinajstić information content (AvgIpc) is 3.06. The highest BCUT2D eigenvalue weighted by atomic mass is 16.8. The maximum absolute atomic E-state index is 11.6. The Morgan fingerprint density at radius 2 is 2.04 bits per heavy atom. The van der Waals surface area contributed by atoms with Crippen LogP contribution in [0.2, 0.25) is 0 Å². The van der Waals surface area contributed by atoms with Crippen molar-refractivity contribution >= 4 is 18.1 Å². The quantitative estimate of drug-likeness (QED) is 0.244. The van der Waals surface area contributed by atoms with Gasteiger partial charge in [-0.05, 0) is 24.1 Å². The number of hydrogen-bond acceptors (Lipinski definition) is 7. The molecule has 0 aliphatic carbocycles. The number of hydrogen-bond donors (Lipinski definition) is 4. The van der Waals surface area contributed by atoms with E-state index in [0.29, 0.717) is 19.4 Å². The standard InChI is InChI=1S/C18H22BN3O5/c1-22-14(5-4-8-18(22)23)9-10-20-27-21-17(19(24)25)11-13-12-26-16-7-3-2-6-15(13)16/h2-8,12,17,20-21,24-25H,9-11H2,1H3/t17-/m0/s1. The lowest BCUT2D eigenvalue weighted by Crippen LogP contribution is -2.47. The van der Waals surface area contributed by atoms with Crippen LogP contribution >= 0.6 is 0 Å². The minimum absolute atomic E-state index is 0.0673. The zero-order valence-corrected chi connectivity index (χ0v) is 15.0. The molecule has 3 aromatic rings. The summed E-state index contributed by atoms with van der Waals surface area (Å²) in [5.41, 5.74) is 7.71. The Morgan fingerprint density at radius 1 is 1.22 bits per heavy atom. The summed E-state index contributed by atoms with van der Waals surface area (Å²) in [4.78, 5) is 16.7. The van der Waals surface area contributed by atoms with Crippen LogP contribution in [0.25, 0.3) is 11.0 Å². The number of fused-ring (bicyclic) bond motifs is 1. The molecule has 1 atom stereocenters. The number of para-hydroxylation sites is 1. The summed E-state index contributed by atoms with van der Waals surface area (Å²) in [5, 5.41) is 20.1. The van der Waals surface area contributed by atoms with Gasteiger partial charge in [0, 0.05) is 37.2 Å². The second-order valence-electron chi connectivity index (χ2n) is 6.26. The van der Waals surface area contributed by atoms with E-state index in [9.17, 15) is 14.8 Å². The van der Waals surface area contributed by atoms with Crippen molar-refractivity contribution < 1.29 is 19.4 Å². The Balaban J connectivity index is 1.50. The maximum atomic E-state index is 11.6. The monoisotopic (exact) mass is 371 g/mol. The molecule has 0 spiro atoms. The summed E-state index contributed by atoms with van der Waals surface area (Å²) in [6.45, 7) is 0.438. The Bertz CT molecular complexity index is 940. The van der Waals surface area contributed by atoms with Crippen molar-refractivity contribution in [3.05, 3.63) is 70.3 Å². The van der Waals surface area contributed by atoms with Gasteiger partial charge in [0.05, 0.1) is 12.2 Å². The van der Waals surface area contributed by atoms with E-state index < -0.39 is 13.1 Å². The Morgan fingerprint density at radius 3 is 2.85 bits per heavy atom. The number of hydroxylamine groups is 2. The van der Waals surface area contributed by atoms with Crippen LogP contribution in [0.3, 0.4) is 0 Å². The summed E-state index contributed by atoms with van der Waals surface area (Å²) in [6, 6.07) is 12.6. The first kappa shape index (κ1) is 19.3. The smallest absolute Gasteiger partial charge is 0.464 e. The Labute approximate surface area is 156 Å². The molecule has 3 rings (SSSR count). The molecule has 0 unspecified atom stereocenters. The molecule has 0 bridgehead atoms. The molecule has 27 heavy (non-hydrogen) atoms. The van der Waals surface area contributed by atoms with Crippen molar-refractivity contribution in [2.75, 3.05) is 6.54 Å². The third-order valence-corrected chi connectivity index (χ3v) is 4.42. The van der Waals surface area contributed by atoms with Crippen LogP contribution in [-0.4, -0.2) is 34.2 Å². The highest BCUT2D eigenvalue weighted by Crippen LogP contribution is 2.22. The third-order valence-electron chi connectivity index (χ3n) is 4.42. The lowest BCUT2D eigenvalue weighted by Gasteiger charge is -2.17. The molecule has 2 heterocycles. The van der Waals surface area contributed by atoms with E-state index in [1.165, 1.54) is 6.07 Å². The number of nitrogens with one attached hydrogen (secondary N) is 2. The average molecular weight is 371 g/mol. The van der Waals surface area contributed by atoms with E-state index in [-0.39, 0.29) is 5.56 Å². The van der Waals surface area contributed by atoms with Crippen molar-refractivity contribution in [2.45, 2.75) is 18.8 Å². The van der Waals surface area contributed by atoms with E-state index >= 15 is 0 Å². The molecule has 0 aliphatic rings. The van der Waals surface area contributed by atoms with Gasteiger partial charge in [0.25, 0.3) is 0 Å². The minimum atomic E-state index is -1.62. The van der Waals surface area contributed by atoms with Gasteiger partial charge in [0.1, 0.15) is 5.58 Å². The van der Waals surface area contributed by atoms with Crippen LogP contribution in [0, 0.1) is 0 Å². The van der Waals surface area contributed by atoms with Gasteiger partial charge >= 0.3 is 7.12 Å². The summed E-state index contributed by atoms with van der Waals surface area (Å²) in [6.07, 6.45) is 2.49. The fourth-order valence-corrected chi connectivity index (χ4v) is 2.84. The van der Waals surface area contributed by atoms with Crippen LogP contribution in [-0.2, 0) is 24.8 Å². The molecule has 0 aliphatic heterocycles. The first-order chi connectivity index (χ1) is 13.1. The predicted octanol–water partition coefficient (Wildman–Crippen LogP) is 0.323. The topological polar surface area (TPSA) is 109 Å². The SMILES string of the molecule is Cn1c(CCNON[C@@H](Cc2coc3ccccc23)B(O)O)cccc1=O. The lowest BCUT2D eigenvalue weighted by atomic mass is 9.76. The molecule has 2 aromatic heterocycles. The van der Waals surface area contributed by atoms with E-state index in [2.05, 4.69) is 11.0 Å². The molecule has 0 radical (unpaired) electrons. The van der Waals surface area contributed by atoms with Crippen LogP contribution in [0.5, 0.6) is 0 Å². The predicted molar refractivity (Wildman–Crippen MR) is 102 cm³/mol. The molecule has 142 valence electrons. The normalized spacial score (nSPS) is 12.4. The molecule has 4 N–H and O–H groups in total. The summed E-state index contributed by atoms with van der Waals surface area (Å²) >= 11 is 0. The van der Waals surface area contributed by atoms with Gasteiger partial charge in [-0.15, -0.1) is 0 Å². The van der Waals surface area contributed by atoms with Gasteiger partial charge in [0.2, 0.25) is 5.56 Å². The van der Waals surface area contributed by atoms with E-state index in [1.54, 1.807) is 23.9 Å². The largest absolute Gasteiger partial charge is 0.472 e. The maximum Gasteiger partial charge on any atom is 0.472 e. The molecular formula is C18H22BN3O5. The van der Waals surface area contributed by atoms with Crippen molar-refractivity contribution in [1.29, 1.82) is 0 Å². The fraction of sp³-hybridized carbons (Fsp3) is 0.278. The van der Waals surface area contributed by atoms with Crippen molar-refractivity contribution in [3.8, 4) is 0 Å². The van der Waals surface area contributed by atoms with E-state index in [4.69, 9.17) is 9.36 Å². The number of rotatable bonds is 9. The number of benzene rings is 1. The summed E-state index contributed by atoms with van der Waals surface area (Å²) in [7, 11) is 0.0971. The number of aromatic nitrogens is 1. The number of nitrogens with zero attached hydrogens (tertiary/aromatic N) is 1. The van der Waals surface area contributed by atoms with Gasteiger partial charge in [-0.3, -0.25) is 4.79 Å².